The minimum Gasteiger partial charge on any atom is -0.494 e. The number of hydrogen-bond donors (Lipinski definition) is 1. The van der Waals surface area contributed by atoms with E-state index >= 15 is 0 Å². The zero-order valence-electron chi connectivity index (χ0n) is 18.0. The van der Waals surface area contributed by atoms with Gasteiger partial charge in [0.25, 0.3) is 0 Å². The Labute approximate surface area is 186 Å². The summed E-state index contributed by atoms with van der Waals surface area (Å²) < 4.78 is 35.1. The Morgan fingerprint density at radius 1 is 1.00 bits per heavy atom. The summed E-state index contributed by atoms with van der Waals surface area (Å²) in [4.78, 5) is 24.8. The van der Waals surface area contributed by atoms with E-state index in [2.05, 4.69) is 0 Å². The van der Waals surface area contributed by atoms with Crippen LogP contribution in [0.1, 0.15) is 39.0 Å². The number of ether oxygens (including phenoxy) is 2. The second-order valence-electron chi connectivity index (χ2n) is 7.12. The first kappa shape index (κ1) is 23.2. The molecule has 0 bridgehead atoms. The molecule has 2 N–H and O–H groups in total. The quantitative estimate of drug-likeness (QED) is 0.411. The lowest BCUT2D eigenvalue weighted by atomic mass is 10.1. The molecule has 0 saturated heterocycles. The summed E-state index contributed by atoms with van der Waals surface area (Å²) in [5, 5.41) is 5.04. The Hall–Kier alpha value is -3.43. The monoisotopic (exact) mass is 456 g/mol. The highest BCUT2D eigenvalue weighted by Crippen LogP contribution is 2.23. The Morgan fingerprint density at radius 3 is 2.19 bits per heavy atom. The number of benzene rings is 2. The van der Waals surface area contributed by atoms with Crippen LogP contribution in [0.25, 0.3) is 5.69 Å². The van der Waals surface area contributed by atoms with Gasteiger partial charge in [0.15, 0.2) is 6.61 Å². The number of carbonyl (C=O) groups is 2. The van der Waals surface area contributed by atoms with Gasteiger partial charge in [0.05, 0.1) is 17.1 Å². The molecule has 32 heavy (non-hydrogen) atoms. The maximum Gasteiger partial charge on any atom is 0.338 e. The number of rotatable bonds is 8. The molecule has 0 aliphatic heterocycles. The van der Waals surface area contributed by atoms with Crippen LogP contribution in [-0.4, -0.2) is 38.0 Å². The third-order valence-corrected chi connectivity index (χ3v) is 5.82. The maximum atomic E-state index is 12.7. The minimum absolute atomic E-state index is 0.116. The van der Waals surface area contributed by atoms with E-state index in [1.165, 1.54) is 24.3 Å². The van der Waals surface area contributed by atoms with E-state index in [-0.39, 0.29) is 16.2 Å². The fraction of sp³-hybridized carbons (Fsp3) is 0.217. The zero-order chi connectivity index (χ0) is 23.5. The van der Waals surface area contributed by atoms with E-state index in [0.717, 1.165) is 22.8 Å². The average Bonchev–Trinajstić information content (AvgIpc) is 3.06. The lowest BCUT2D eigenvalue weighted by molar-refractivity contribution is 0.0474. The number of primary sulfonamides is 1. The number of aryl methyl sites for hydroxylation is 1. The van der Waals surface area contributed by atoms with Crippen LogP contribution in [0.2, 0.25) is 0 Å². The summed E-state index contributed by atoms with van der Waals surface area (Å²) in [5.41, 5.74) is 3.04. The van der Waals surface area contributed by atoms with Crippen LogP contribution in [0.5, 0.6) is 5.75 Å². The largest absolute Gasteiger partial charge is 0.494 e. The van der Waals surface area contributed by atoms with Crippen molar-refractivity contribution >= 4 is 21.8 Å². The zero-order valence-corrected chi connectivity index (χ0v) is 18.8. The highest BCUT2D eigenvalue weighted by atomic mass is 32.2. The number of aromatic nitrogens is 1. The van der Waals surface area contributed by atoms with Gasteiger partial charge in [-0.25, -0.2) is 18.4 Å². The molecule has 0 amide bonds. The van der Waals surface area contributed by atoms with Crippen molar-refractivity contribution in [1.82, 2.24) is 4.57 Å². The molecule has 0 fully saturated rings. The van der Waals surface area contributed by atoms with Gasteiger partial charge in [-0.3, -0.25) is 4.79 Å². The smallest absolute Gasteiger partial charge is 0.338 e. The number of hydrogen-bond acceptors (Lipinski definition) is 6. The SMILES string of the molecule is CCOc1ccc(-n2c(C)cc(C(=O)COC(=O)c3ccc(S(N)(=O)=O)cc3)c2C)cc1. The van der Waals surface area contributed by atoms with Crippen LogP contribution in [0, 0.1) is 13.8 Å². The molecule has 0 atom stereocenters. The second-order valence-corrected chi connectivity index (χ2v) is 8.68. The first-order valence-electron chi connectivity index (χ1n) is 9.87. The average molecular weight is 457 g/mol. The van der Waals surface area contributed by atoms with Crippen LogP contribution in [-0.2, 0) is 14.8 Å². The molecular formula is C23H24N2O6S. The van der Waals surface area contributed by atoms with E-state index in [9.17, 15) is 18.0 Å². The predicted octanol–water partition coefficient (Wildman–Crippen LogP) is 3.18. The van der Waals surface area contributed by atoms with Gasteiger partial charge in [-0.1, -0.05) is 0 Å². The lowest BCUT2D eigenvalue weighted by Gasteiger charge is -2.11. The molecule has 0 aliphatic rings. The van der Waals surface area contributed by atoms with Gasteiger partial charge in [0.2, 0.25) is 15.8 Å². The number of sulfonamides is 1. The van der Waals surface area contributed by atoms with Crippen molar-refractivity contribution in [3.63, 3.8) is 0 Å². The van der Waals surface area contributed by atoms with Gasteiger partial charge >= 0.3 is 5.97 Å². The summed E-state index contributed by atoms with van der Waals surface area (Å²) in [6, 6.07) is 14.3. The fourth-order valence-corrected chi connectivity index (χ4v) is 3.89. The second kappa shape index (κ2) is 9.37. The molecule has 3 aromatic rings. The molecule has 168 valence electrons. The van der Waals surface area contributed by atoms with Gasteiger partial charge in [-0.15, -0.1) is 0 Å². The van der Waals surface area contributed by atoms with Crippen LogP contribution in [0.4, 0.5) is 0 Å². The molecular weight excluding hydrogens is 432 g/mol. The predicted molar refractivity (Wildman–Crippen MR) is 119 cm³/mol. The van der Waals surface area contributed by atoms with Crippen molar-refractivity contribution in [2.75, 3.05) is 13.2 Å². The van der Waals surface area contributed by atoms with E-state index in [1.54, 1.807) is 6.07 Å². The van der Waals surface area contributed by atoms with Crippen LogP contribution in [0.3, 0.4) is 0 Å². The van der Waals surface area contributed by atoms with Gasteiger partial charge in [0, 0.05) is 22.6 Å². The molecule has 1 heterocycles. The Bertz CT molecular complexity index is 1240. The Morgan fingerprint density at radius 2 is 1.62 bits per heavy atom. The standard InChI is InChI=1S/C23H24N2O6S/c1-4-30-19-9-7-18(8-10-19)25-15(2)13-21(16(25)3)22(26)14-31-23(27)17-5-11-20(12-6-17)32(24,28)29/h5-13H,4,14H2,1-3H3,(H2,24,28,29). The number of esters is 1. The summed E-state index contributed by atoms with van der Waals surface area (Å²) in [6.45, 7) is 5.76. The summed E-state index contributed by atoms with van der Waals surface area (Å²) in [5.74, 6) is -0.316. The van der Waals surface area contributed by atoms with Gasteiger partial charge in [0.1, 0.15) is 5.75 Å². The number of Topliss-reactive ketones (excluding diaryl/α,β-unsaturated/α-hetero) is 1. The molecule has 0 radical (unpaired) electrons. The van der Waals surface area contributed by atoms with Crippen molar-refractivity contribution in [3.8, 4) is 11.4 Å². The molecule has 0 saturated carbocycles. The maximum absolute atomic E-state index is 12.7. The first-order valence-corrected chi connectivity index (χ1v) is 11.4. The van der Waals surface area contributed by atoms with Crippen molar-refractivity contribution in [1.29, 1.82) is 0 Å². The van der Waals surface area contributed by atoms with Crippen molar-refractivity contribution in [2.24, 2.45) is 5.14 Å². The molecule has 1 aromatic heterocycles. The minimum atomic E-state index is -3.86. The molecule has 9 heteroatoms. The summed E-state index contributed by atoms with van der Waals surface area (Å²) in [7, 11) is -3.86. The Kier molecular flexibility index (Phi) is 6.81. The van der Waals surface area contributed by atoms with Crippen molar-refractivity contribution in [3.05, 3.63) is 77.1 Å². The topological polar surface area (TPSA) is 118 Å². The molecule has 3 rings (SSSR count). The number of nitrogens with two attached hydrogens (primary N) is 1. The van der Waals surface area contributed by atoms with Crippen LogP contribution < -0.4 is 9.88 Å². The molecule has 0 unspecified atom stereocenters. The lowest BCUT2D eigenvalue weighted by Crippen LogP contribution is -2.16. The first-order chi connectivity index (χ1) is 15.1. The third-order valence-electron chi connectivity index (χ3n) is 4.89. The highest BCUT2D eigenvalue weighted by Gasteiger charge is 2.19. The van der Waals surface area contributed by atoms with E-state index in [1.807, 2.05) is 49.6 Å². The molecule has 0 spiro atoms. The van der Waals surface area contributed by atoms with Crippen LogP contribution >= 0.6 is 0 Å². The molecule has 8 nitrogen and oxygen atoms in total. The van der Waals surface area contributed by atoms with Crippen LogP contribution in [0.15, 0.2) is 59.5 Å². The summed E-state index contributed by atoms with van der Waals surface area (Å²) >= 11 is 0. The highest BCUT2D eigenvalue weighted by molar-refractivity contribution is 7.89. The van der Waals surface area contributed by atoms with Gasteiger partial charge in [-0.05, 0) is 75.4 Å². The fourth-order valence-electron chi connectivity index (χ4n) is 3.37. The normalized spacial score (nSPS) is 11.2. The van der Waals surface area contributed by atoms with E-state index in [0.29, 0.717) is 12.2 Å². The van der Waals surface area contributed by atoms with E-state index < -0.39 is 22.6 Å². The van der Waals surface area contributed by atoms with Crippen molar-refractivity contribution in [2.45, 2.75) is 25.7 Å². The van der Waals surface area contributed by atoms with Crippen molar-refractivity contribution < 1.29 is 27.5 Å². The summed E-state index contributed by atoms with van der Waals surface area (Å²) in [6.07, 6.45) is 0. The molecule has 2 aromatic carbocycles. The van der Waals surface area contributed by atoms with Gasteiger partial charge < -0.3 is 14.0 Å². The number of nitrogens with zero attached hydrogens (tertiary/aromatic N) is 1. The number of ketones is 1. The molecule has 0 aliphatic carbocycles. The third kappa shape index (κ3) is 5.06. The number of carbonyl (C=O) groups excluding carboxylic acids is 2. The van der Waals surface area contributed by atoms with Gasteiger partial charge in [-0.2, -0.15) is 0 Å². The van der Waals surface area contributed by atoms with E-state index in [4.69, 9.17) is 14.6 Å². The Balaban J connectivity index is 1.72.